The van der Waals surface area contributed by atoms with E-state index in [9.17, 15) is 26.0 Å². The molecular formula is C11H12ClFN2O5S2. The molecule has 1 aliphatic heterocycles. The molecule has 0 saturated carbocycles. The Morgan fingerprint density at radius 3 is 2.59 bits per heavy atom. The van der Waals surface area contributed by atoms with E-state index in [1.165, 1.54) is 0 Å². The molecule has 0 radical (unpaired) electrons. The van der Waals surface area contributed by atoms with Crippen LogP contribution in [0.25, 0.3) is 0 Å². The quantitative estimate of drug-likeness (QED) is 0.737. The minimum absolute atomic E-state index is 0.106. The Labute approximate surface area is 131 Å². The molecule has 2 N–H and O–H groups in total. The number of sulfonamides is 1. The fourth-order valence-corrected chi connectivity index (χ4v) is 4.78. The van der Waals surface area contributed by atoms with Crippen molar-refractivity contribution in [2.75, 3.05) is 11.5 Å². The Morgan fingerprint density at radius 2 is 2.05 bits per heavy atom. The minimum atomic E-state index is -4.14. The molecule has 0 bridgehead atoms. The molecule has 7 nitrogen and oxygen atoms in total. The van der Waals surface area contributed by atoms with Crippen LogP contribution in [0.15, 0.2) is 23.1 Å². The number of nitrogens with one attached hydrogen (secondary N) is 2. The van der Waals surface area contributed by atoms with Gasteiger partial charge in [-0.3, -0.25) is 10.2 Å². The van der Waals surface area contributed by atoms with Gasteiger partial charge in [-0.25, -0.2) is 21.2 Å². The van der Waals surface area contributed by atoms with Crippen molar-refractivity contribution in [1.29, 1.82) is 0 Å². The van der Waals surface area contributed by atoms with Crippen LogP contribution in [0.3, 0.4) is 0 Å². The van der Waals surface area contributed by atoms with E-state index < -0.39 is 37.5 Å². The molecule has 1 amide bonds. The molecule has 0 aromatic heterocycles. The van der Waals surface area contributed by atoms with Gasteiger partial charge in [0.05, 0.1) is 27.3 Å². The summed E-state index contributed by atoms with van der Waals surface area (Å²) in [5.74, 6) is -2.74. The number of hydrazine groups is 1. The van der Waals surface area contributed by atoms with E-state index in [0.29, 0.717) is 0 Å². The number of amides is 1. The highest BCUT2D eigenvalue weighted by Gasteiger charge is 2.33. The van der Waals surface area contributed by atoms with Crippen LogP contribution in [0, 0.1) is 11.7 Å². The number of benzene rings is 1. The second-order valence-corrected chi connectivity index (χ2v) is 9.09. The van der Waals surface area contributed by atoms with E-state index in [4.69, 9.17) is 11.6 Å². The summed E-state index contributed by atoms with van der Waals surface area (Å²) in [6.45, 7) is 0. The first-order valence-corrected chi connectivity index (χ1v) is 9.76. The zero-order valence-corrected chi connectivity index (χ0v) is 13.4. The third-order valence-electron chi connectivity index (χ3n) is 3.11. The molecule has 0 spiro atoms. The zero-order chi connectivity index (χ0) is 16.5. The van der Waals surface area contributed by atoms with Gasteiger partial charge in [0.2, 0.25) is 5.91 Å². The Kier molecular flexibility index (Phi) is 4.76. The number of carbonyl (C=O) groups excluding carboxylic acids is 1. The number of hydrogen-bond acceptors (Lipinski definition) is 5. The van der Waals surface area contributed by atoms with Crippen molar-refractivity contribution in [2.45, 2.75) is 11.3 Å². The van der Waals surface area contributed by atoms with Crippen molar-refractivity contribution in [1.82, 2.24) is 10.3 Å². The van der Waals surface area contributed by atoms with Gasteiger partial charge >= 0.3 is 0 Å². The van der Waals surface area contributed by atoms with Gasteiger partial charge in [-0.2, -0.15) is 0 Å². The maximum Gasteiger partial charge on any atom is 0.257 e. The number of hydrogen-bond donors (Lipinski definition) is 2. The summed E-state index contributed by atoms with van der Waals surface area (Å²) >= 11 is 5.50. The lowest BCUT2D eigenvalue weighted by Gasteiger charge is -2.11. The fraction of sp³-hybridized carbons (Fsp3) is 0.364. The lowest BCUT2D eigenvalue weighted by atomic mass is 10.1. The van der Waals surface area contributed by atoms with Crippen molar-refractivity contribution >= 4 is 37.4 Å². The average molecular weight is 371 g/mol. The molecule has 0 aliphatic carbocycles. The van der Waals surface area contributed by atoms with Gasteiger partial charge in [-0.1, -0.05) is 11.6 Å². The lowest BCUT2D eigenvalue weighted by Crippen LogP contribution is -2.44. The molecule has 0 unspecified atom stereocenters. The van der Waals surface area contributed by atoms with Crippen LogP contribution in [0.2, 0.25) is 5.02 Å². The first-order chi connectivity index (χ1) is 10.1. The van der Waals surface area contributed by atoms with Gasteiger partial charge < -0.3 is 0 Å². The normalized spacial score (nSPS) is 20.7. The van der Waals surface area contributed by atoms with Gasteiger partial charge in [0.25, 0.3) is 10.0 Å². The smallest absolute Gasteiger partial charge is 0.257 e. The van der Waals surface area contributed by atoms with Crippen LogP contribution < -0.4 is 10.3 Å². The minimum Gasteiger partial charge on any atom is -0.277 e. The van der Waals surface area contributed by atoms with Crippen molar-refractivity contribution in [3.05, 3.63) is 29.0 Å². The molecule has 11 heteroatoms. The summed E-state index contributed by atoms with van der Waals surface area (Å²) in [6.07, 6.45) is 0.137. The molecule has 1 aliphatic rings. The summed E-state index contributed by atoms with van der Waals surface area (Å²) in [4.78, 5) is 13.2. The van der Waals surface area contributed by atoms with Gasteiger partial charge in [0.1, 0.15) is 5.82 Å². The fourth-order valence-electron chi connectivity index (χ4n) is 1.92. The Hall–Kier alpha value is -1.23. The van der Waals surface area contributed by atoms with E-state index in [-0.39, 0.29) is 27.8 Å². The van der Waals surface area contributed by atoms with Gasteiger partial charge in [0.15, 0.2) is 9.84 Å². The third-order valence-corrected chi connectivity index (χ3v) is 6.42. The molecular weight excluding hydrogens is 359 g/mol. The van der Waals surface area contributed by atoms with E-state index in [2.05, 4.69) is 0 Å². The van der Waals surface area contributed by atoms with Gasteiger partial charge in [-0.05, 0) is 24.6 Å². The van der Waals surface area contributed by atoms with E-state index in [1.54, 1.807) is 0 Å². The SMILES string of the molecule is O=C(NNS(=O)(=O)c1ccc(F)c(Cl)c1)[C@H]1CCS(=O)(=O)C1. The van der Waals surface area contributed by atoms with Crippen LogP contribution in [0.4, 0.5) is 4.39 Å². The van der Waals surface area contributed by atoms with Crippen LogP contribution in [0.5, 0.6) is 0 Å². The largest absolute Gasteiger partial charge is 0.277 e. The van der Waals surface area contributed by atoms with E-state index >= 15 is 0 Å². The number of halogens is 2. The molecule has 122 valence electrons. The lowest BCUT2D eigenvalue weighted by molar-refractivity contribution is -0.124. The highest BCUT2D eigenvalue weighted by molar-refractivity contribution is 7.91. The molecule has 1 atom stereocenters. The van der Waals surface area contributed by atoms with Crippen molar-refractivity contribution in [3.8, 4) is 0 Å². The van der Waals surface area contributed by atoms with Crippen LogP contribution in [-0.4, -0.2) is 34.2 Å². The second kappa shape index (κ2) is 6.11. The maximum absolute atomic E-state index is 13.0. The molecule has 22 heavy (non-hydrogen) atoms. The van der Waals surface area contributed by atoms with Crippen molar-refractivity contribution < 1.29 is 26.0 Å². The first-order valence-electron chi connectivity index (χ1n) is 6.08. The van der Waals surface area contributed by atoms with Gasteiger partial charge in [-0.15, -0.1) is 4.83 Å². The summed E-state index contributed by atoms with van der Waals surface area (Å²) in [5, 5.41) is -0.379. The maximum atomic E-state index is 13.0. The summed E-state index contributed by atoms with van der Waals surface area (Å²) in [7, 11) is -7.39. The standard InChI is InChI=1S/C11H12ClFN2O5S2/c12-9-5-8(1-2-10(9)13)22(19,20)15-14-11(16)7-3-4-21(17,18)6-7/h1-2,5,7,15H,3-4,6H2,(H,14,16)/t7-/m0/s1. The number of sulfone groups is 1. The topological polar surface area (TPSA) is 109 Å². The summed E-state index contributed by atoms with van der Waals surface area (Å²) in [6, 6.07) is 2.75. The van der Waals surface area contributed by atoms with Crippen molar-refractivity contribution in [3.63, 3.8) is 0 Å². The molecule has 1 saturated heterocycles. The molecule has 1 fully saturated rings. The van der Waals surface area contributed by atoms with Crippen LogP contribution in [0.1, 0.15) is 6.42 Å². The number of carbonyl (C=O) groups is 1. The predicted octanol–water partition coefficient (Wildman–Crippen LogP) is 0.223. The zero-order valence-electron chi connectivity index (χ0n) is 11.0. The Balaban J connectivity index is 2.04. The van der Waals surface area contributed by atoms with E-state index in [1.807, 2.05) is 10.3 Å². The van der Waals surface area contributed by atoms with Gasteiger partial charge in [0, 0.05) is 0 Å². The molecule has 2 rings (SSSR count). The van der Waals surface area contributed by atoms with Crippen LogP contribution in [-0.2, 0) is 24.7 Å². The molecule has 1 heterocycles. The second-order valence-electron chi connectivity index (χ2n) is 4.77. The predicted molar refractivity (Wildman–Crippen MR) is 76.6 cm³/mol. The van der Waals surface area contributed by atoms with Crippen LogP contribution >= 0.6 is 11.6 Å². The molecule has 1 aromatic rings. The monoisotopic (exact) mass is 370 g/mol. The summed E-state index contributed by atoms with van der Waals surface area (Å²) in [5.41, 5.74) is 1.96. The van der Waals surface area contributed by atoms with E-state index in [0.717, 1.165) is 18.2 Å². The Morgan fingerprint density at radius 1 is 1.36 bits per heavy atom. The molecule has 1 aromatic carbocycles. The van der Waals surface area contributed by atoms with Crippen molar-refractivity contribution in [2.24, 2.45) is 5.92 Å². The number of rotatable bonds is 4. The summed E-state index contributed by atoms with van der Waals surface area (Å²) < 4.78 is 59.4. The average Bonchev–Trinajstić information content (AvgIpc) is 2.79. The first kappa shape index (κ1) is 17.1. The third kappa shape index (κ3) is 3.94. The highest BCUT2D eigenvalue weighted by Crippen LogP contribution is 2.20. The highest BCUT2D eigenvalue weighted by atomic mass is 35.5. The Bertz CT molecular complexity index is 810.